The summed E-state index contributed by atoms with van der Waals surface area (Å²) in [5, 5.41) is 10.2. The van der Waals surface area contributed by atoms with Gasteiger partial charge in [0.2, 0.25) is 5.82 Å². The SMILES string of the molecule is O=[N+]([O-])c1cc(Br)cc(S)c1F. The predicted octanol–water partition coefficient (Wildman–Crippen LogP) is 2.79. The summed E-state index contributed by atoms with van der Waals surface area (Å²) in [5.41, 5.74) is -0.575. The molecule has 0 bridgehead atoms. The predicted molar refractivity (Wildman–Crippen MR) is 48.0 cm³/mol. The van der Waals surface area contributed by atoms with Crippen molar-refractivity contribution in [3.8, 4) is 0 Å². The smallest absolute Gasteiger partial charge is 0.258 e. The molecule has 12 heavy (non-hydrogen) atoms. The summed E-state index contributed by atoms with van der Waals surface area (Å²) in [4.78, 5) is 9.40. The molecule has 1 rings (SSSR count). The number of benzene rings is 1. The zero-order valence-corrected chi connectivity index (χ0v) is 8.10. The van der Waals surface area contributed by atoms with Crippen LogP contribution in [0.4, 0.5) is 10.1 Å². The van der Waals surface area contributed by atoms with Gasteiger partial charge in [0, 0.05) is 15.4 Å². The highest BCUT2D eigenvalue weighted by Gasteiger charge is 2.17. The monoisotopic (exact) mass is 251 g/mol. The summed E-state index contributed by atoms with van der Waals surface area (Å²) in [6.07, 6.45) is 0. The topological polar surface area (TPSA) is 43.1 Å². The molecule has 0 aliphatic carbocycles. The lowest BCUT2D eigenvalue weighted by atomic mass is 10.3. The minimum absolute atomic E-state index is 0.0453. The van der Waals surface area contributed by atoms with Crippen LogP contribution in [0.15, 0.2) is 21.5 Å². The van der Waals surface area contributed by atoms with Crippen LogP contribution >= 0.6 is 28.6 Å². The molecule has 6 heteroatoms. The van der Waals surface area contributed by atoms with Crippen LogP contribution in [0, 0.1) is 15.9 Å². The lowest BCUT2D eigenvalue weighted by Gasteiger charge is -1.97. The maximum absolute atomic E-state index is 12.9. The number of hydrogen-bond donors (Lipinski definition) is 1. The molecule has 0 saturated carbocycles. The van der Waals surface area contributed by atoms with Crippen LogP contribution < -0.4 is 0 Å². The van der Waals surface area contributed by atoms with E-state index in [0.717, 1.165) is 6.07 Å². The first-order valence-electron chi connectivity index (χ1n) is 2.85. The third-order valence-corrected chi connectivity index (χ3v) is 1.98. The maximum atomic E-state index is 12.9. The molecular weight excluding hydrogens is 249 g/mol. The fourth-order valence-electron chi connectivity index (χ4n) is 0.694. The second-order valence-electron chi connectivity index (χ2n) is 2.02. The largest absolute Gasteiger partial charge is 0.307 e. The standard InChI is InChI=1S/C6H3BrFNO2S/c7-3-1-4(9(10)11)6(8)5(12)2-3/h1-2,12H. The van der Waals surface area contributed by atoms with Gasteiger partial charge in [0.1, 0.15) is 0 Å². The van der Waals surface area contributed by atoms with Gasteiger partial charge in [-0.25, -0.2) is 0 Å². The van der Waals surface area contributed by atoms with Gasteiger partial charge in [0.05, 0.1) is 4.92 Å². The summed E-state index contributed by atoms with van der Waals surface area (Å²) < 4.78 is 13.3. The molecule has 0 fully saturated rings. The highest BCUT2D eigenvalue weighted by Crippen LogP contribution is 2.27. The van der Waals surface area contributed by atoms with Crippen molar-refractivity contribution in [2.45, 2.75) is 4.90 Å². The van der Waals surface area contributed by atoms with Gasteiger partial charge in [-0.1, -0.05) is 15.9 Å². The lowest BCUT2D eigenvalue weighted by molar-refractivity contribution is -0.387. The molecule has 0 aliphatic heterocycles. The van der Waals surface area contributed by atoms with Crippen molar-refractivity contribution in [3.63, 3.8) is 0 Å². The van der Waals surface area contributed by atoms with E-state index in [4.69, 9.17) is 0 Å². The quantitative estimate of drug-likeness (QED) is 0.474. The minimum atomic E-state index is -0.911. The van der Waals surface area contributed by atoms with E-state index >= 15 is 0 Å². The lowest BCUT2D eigenvalue weighted by Crippen LogP contribution is -1.93. The summed E-state index contributed by atoms with van der Waals surface area (Å²) in [5.74, 6) is -0.911. The van der Waals surface area contributed by atoms with E-state index in [1.54, 1.807) is 0 Å². The Morgan fingerprint density at radius 3 is 2.67 bits per heavy atom. The summed E-state index contributed by atoms with van der Waals surface area (Å²) in [6, 6.07) is 2.44. The molecule has 0 amide bonds. The van der Waals surface area contributed by atoms with Crippen molar-refractivity contribution in [1.29, 1.82) is 0 Å². The van der Waals surface area contributed by atoms with Crippen molar-refractivity contribution < 1.29 is 9.31 Å². The van der Waals surface area contributed by atoms with Crippen molar-refractivity contribution in [2.24, 2.45) is 0 Å². The van der Waals surface area contributed by atoms with Crippen LogP contribution in [0.25, 0.3) is 0 Å². The Morgan fingerprint density at radius 1 is 1.58 bits per heavy atom. The first kappa shape index (κ1) is 9.47. The fraction of sp³-hybridized carbons (Fsp3) is 0. The number of rotatable bonds is 1. The van der Waals surface area contributed by atoms with E-state index in [2.05, 4.69) is 28.6 Å². The van der Waals surface area contributed by atoms with E-state index in [0.29, 0.717) is 4.47 Å². The number of thiol groups is 1. The Hall–Kier alpha value is -0.620. The summed E-state index contributed by atoms with van der Waals surface area (Å²) >= 11 is 6.72. The van der Waals surface area contributed by atoms with Crippen LogP contribution in [-0.4, -0.2) is 4.92 Å². The van der Waals surface area contributed by atoms with E-state index in [-0.39, 0.29) is 4.90 Å². The van der Waals surface area contributed by atoms with Crippen LogP contribution in [-0.2, 0) is 0 Å². The summed E-state index contributed by atoms with van der Waals surface area (Å²) in [7, 11) is 0. The number of nitro benzene ring substituents is 1. The second kappa shape index (κ2) is 3.40. The Balaban J connectivity index is 3.37. The molecule has 0 heterocycles. The minimum Gasteiger partial charge on any atom is -0.258 e. The molecule has 1 aromatic carbocycles. The Labute approximate surface area is 81.3 Å². The molecule has 0 radical (unpaired) electrons. The van der Waals surface area contributed by atoms with Crippen molar-refractivity contribution in [3.05, 3.63) is 32.5 Å². The van der Waals surface area contributed by atoms with E-state index in [1.807, 2.05) is 0 Å². The second-order valence-corrected chi connectivity index (χ2v) is 3.41. The van der Waals surface area contributed by atoms with Gasteiger partial charge in [0.15, 0.2) is 0 Å². The first-order chi connectivity index (χ1) is 5.52. The zero-order chi connectivity index (χ0) is 9.30. The van der Waals surface area contributed by atoms with Crippen molar-refractivity contribution >= 4 is 34.2 Å². The van der Waals surface area contributed by atoms with Gasteiger partial charge < -0.3 is 0 Å². The van der Waals surface area contributed by atoms with Gasteiger partial charge >= 0.3 is 5.69 Å². The molecule has 1 aromatic rings. The van der Waals surface area contributed by atoms with Gasteiger partial charge in [-0.05, 0) is 6.07 Å². The number of halogens is 2. The van der Waals surface area contributed by atoms with Gasteiger partial charge in [-0.15, -0.1) is 12.6 Å². The van der Waals surface area contributed by atoms with Crippen LogP contribution in [0.2, 0.25) is 0 Å². The van der Waals surface area contributed by atoms with E-state index in [9.17, 15) is 14.5 Å². The molecule has 0 saturated heterocycles. The average Bonchev–Trinajstić information content (AvgIpc) is 1.96. The Bertz CT molecular complexity index is 345. The molecule has 3 nitrogen and oxygen atoms in total. The van der Waals surface area contributed by atoms with E-state index in [1.165, 1.54) is 6.07 Å². The molecule has 0 aliphatic rings. The van der Waals surface area contributed by atoms with Crippen LogP contribution in [0.5, 0.6) is 0 Å². The van der Waals surface area contributed by atoms with Crippen molar-refractivity contribution in [1.82, 2.24) is 0 Å². The van der Waals surface area contributed by atoms with Crippen LogP contribution in [0.1, 0.15) is 0 Å². The molecule has 64 valence electrons. The molecule has 0 spiro atoms. The van der Waals surface area contributed by atoms with E-state index < -0.39 is 16.4 Å². The van der Waals surface area contributed by atoms with Crippen LogP contribution in [0.3, 0.4) is 0 Å². The Kier molecular flexibility index (Phi) is 2.69. The zero-order valence-electron chi connectivity index (χ0n) is 5.62. The fourth-order valence-corrected chi connectivity index (χ4v) is 1.57. The van der Waals surface area contributed by atoms with Crippen molar-refractivity contribution in [2.75, 3.05) is 0 Å². The molecule has 0 atom stereocenters. The molecule has 0 N–H and O–H groups in total. The third-order valence-electron chi connectivity index (χ3n) is 1.20. The molecule has 0 unspecified atom stereocenters. The normalized spacial score (nSPS) is 9.92. The third kappa shape index (κ3) is 1.75. The van der Waals surface area contributed by atoms with Gasteiger partial charge in [-0.3, -0.25) is 10.1 Å². The number of hydrogen-bond acceptors (Lipinski definition) is 3. The molecule has 0 aromatic heterocycles. The van der Waals surface area contributed by atoms with Gasteiger partial charge in [0.25, 0.3) is 0 Å². The number of nitro groups is 1. The highest BCUT2D eigenvalue weighted by atomic mass is 79.9. The average molecular weight is 252 g/mol. The molecular formula is C6H3BrFNO2S. The number of nitrogens with zero attached hydrogens (tertiary/aromatic N) is 1. The Morgan fingerprint density at radius 2 is 2.17 bits per heavy atom. The summed E-state index contributed by atoms with van der Waals surface area (Å²) in [6.45, 7) is 0. The first-order valence-corrected chi connectivity index (χ1v) is 4.09. The van der Waals surface area contributed by atoms with Gasteiger partial charge in [-0.2, -0.15) is 4.39 Å². The highest BCUT2D eigenvalue weighted by molar-refractivity contribution is 9.10. The maximum Gasteiger partial charge on any atom is 0.307 e.